The summed E-state index contributed by atoms with van der Waals surface area (Å²) in [4.78, 5) is 10.5. The maximum Gasteiger partial charge on any atom is 0.318 e. The van der Waals surface area contributed by atoms with Crippen LogP contribution in [0, 0.1) is 11.3 Å². The average Bonchev–Trinajstić information content (AvgIpc) is 2.37. The lowest BCUT2D eigenvalue weighted by Crippen LogP contribution is -2.36. The predicted octanol–water partition coefficient (Wildman–Crippen LogP) is 0.820. The summed E-state index contributed by atoms with van der Waals surface area (Å²) < 4.78 is 25.4. The van der Waals surface area contributed by atoms with Crippen molar-refractivity contribution in [3.8, 4) is 6.07 Å². The lowest BCUT2D eigenvalue weighted by atomic mass is 10.2. The van der Waals surface area contributed by atoms with Gasteiger partial charge in [-0.25, -0.2) is 8.42 Å². The number of hydrogen-bond acceptors (Lipinski definition) is 4. The monoisotopic (exact) mass is 280 g/mol. The highest BCUT2D eigenvalue weighted by Gasteiger charge is 2.27. The molecule has 0 atom stereocenters. The smallest absolute Gasteiger partial charge is 0.318 e. The second kappa shape index (κ2) is 6.13. The van der Waals surface area contributed by atoms with Crippen molar-refractivity contribution in [3.63, 3.8) is 0 Å². The summed E-state index contributed by atoms with van der Waals surface area (Å²) in [7, 11) is -4.04. The first-order valence-corrected chi connectivity index (χ1v) is 6.69. The Bertz CT molecular complexity index is 631. The Labute approximate surface area is 111 Å². The third kappa shape index (κ3) is 3.40. The van der Waals surface area contributed by atoms with E-state index in [4.69, 9.17) is 10.4 Å². The van der Waals surface area contributed by atoms with E-state index >= 15 is 0 Å². The first-order chi connectivity index (χ1) is 8.93. The van der Waals surface area contributed by atoms with Crippen LogP contribution in [0.3, 0.4) is 0 Å². The van der Waals surface area contributed by atoms with Crippen molar-refractivity contribution in [2.45, 2.75) is 4.90 Å². The van der Waals surface area contributed by atoms with E-state index in [1.807, 2.05) is 0 Å². The molecule has 0 bridgehead atoms. The fourth-order valence-corrected chi connectivity index (χ4v) is 2.97. The maximum absolute atomic E-state index is 12.3. The molecule has 1 aromatic carbocycles. The van der Waals surface area contributed by atoms with Crippen molar-refractivity contribution in [3.05, 3.63) is 42.5 Å². The van der Waals surface area contributed by atoms with Gasteiger partial charge >= 0.3 is 5.97 Å². The van der Waals surface area contributed by atoms with E-state index in [-0.39, 0.29) is 17.0 Å². The van der Waals surface area contributed by atoms with Gasteiger partial charge in [0.05, 0.1) is 10.5 Å². The SMILES string of the molecule is C=CCN(CC(=O)O)S(=O)(=O)c1ccccc1C#N. The van der Waals surface area contributed by atoms with Gasteiger partial charge in [-0.1, -0.05) is 18.2 Å². The van der Waals surface area contributed by atoms with Crippen LogP contribution in [0.2, 0.25) is 0 Å². The molecular weight excluding hydrogens is 268 g/mol. The molecule has 0 fully saturated rings. The van der Waals surface area contributed by atoms with Crippen LogP contribution in [0.25, 0.3) is 0 Å². The fourth-order valence-electron chi connectivity index (χ4n) is 1.47. The van der Waals surface area contributed by atoms with E-state index in [0.29, 0.717) is 0 Å². The molecule has 0 saturated carbocycles. The molecule has 0 aliphatic rings. The first-order valence-electron chi connectivity index (χ1n) is 5.25. The number of nitriles is 1. The molecule has 6 nitrogen and oxygen atoms in total. The Hall–Kier alpha value is -2.17. The molecule has 0 heterocycles. The van der Waals surface area contributed by atoms with Gasteiger partial charge in [-0.05, 0) is 12.1 Å². The lowest BCUT2D eigenvalue weighted by molar-refractivity contribution is -0.137. The molecule has 1 N–H and O–H groups in total. The Morgan fingerprint density at radius 3 is 2.63 bits per heavy atom. The molecule has 1 aromatic rings. The molecule has 0 radical (unpaired) electrons. The van der Waals surface area contributed by atoms with Crippen molar-refractivity contribution >= 4 is 16.0 Å². The highest BCUT2D eigenvalue weighted by molar-refractivity contribution is 7.89. The normalized spacial score (nSPS) is 10.9. The summed E-state index contributed by atoms with van der Waals surface area (Å²) in [6, 6.07) is 7.41. The van der Waals surface area contributed by atoms with E-state index in [1.165, 1.54) is 30.3 Å². The van der Waals surface area contributed by atoms with Gasteiger partial charge in [0, 0.05) is 6.54 Å². The molecule has 0 aromatic heterocycles. The number of carbonyl (C=O) groups is 1. The minimum absolute atomic E-state index is 0.0260. The van der Waals surface area contributed by atoms with Crippen molar-refractivity contribution in [2.24, 2.45) is 0 Å². The standard InChI is InChI=1S/C12H12N2O4S/c1-2-7-14(9-12(15)16)19(17,18)11-6-4-3-5-10(11)8-13/h2-6H,1,7,9H2,(H,15,16). The minimum atomic E-state index is -4.04. The Balaban J connectivity index is 3.31. The topological polar surface area (TPSA) is 98.5 Å². The number of carboxylic acid groups (broad SMARTS) is 1. The summed E-state index contributed by atoms with van der Waals surface area (Å²) in [6.45, 7) is 2.56. The number of benzene rings is 1. The quantitative estimate of drug-likeness (QED) is 0.778. The summed E-state index contributed by atoms with van der Waals surface area (Å²) in [5.41, 5.74) is -0.0260. The van der Waals surface area contributed by atoms with Gasteiger partial charge in [0.15, 0.2) is 0 Å². The molecule has 0 aliphatic carbocycles. The second-order valence-corrected chi connectivity index (χ2v) is 5.49. The number of hydrogen-bond donors (Lipinski definition) is 1. The molecule has 1 rings (SSSR count). The van der Waals surface area contributed by atoms with Crippen LogP contribution in [0.5, 0.6) is 0 Å². The van der Waals surface area contributed by atoms with Crippen molar-refractivity contribution < 1.29 is 18.3 Å². The van der Waals surface area contributed by atoms with E-state index in [2.05, 4.69) is 6.58 Å². The number of aliphatic carboxylic acids is 1. The van der Waals surface area contributed by atoms with Crippen LogP contribution in [0.15, 0.2) is 41.8 Å². The van der Waals surface area contributed by atoms with Gasteiger partial charge in [-0.2, -0.15) is 9.57 Å². The Morgan fingerprint density at radius 2 is 2.11 bits per heavy atom. The van der Waals surface area contributed by atoms with Crippen molar-refractivity contribution in [1.82, 2.24) is 4.31 Å². The molecule has 0 unspecified atom stereocenters. The molecule has 0 aliphatic heterocycles. The summed E-state index contributed by atoms with van der Waals surface area (Å²) in [5, 5.41) is 17.6. The largest absolute Gasteiger partial charge is 0.480 e. The van der Waals surface area contributed by atoms with Gasteiger partial charge in [-0.3, -0.25) is 4.79 Å². The fraction of sp³-hybridized carbons (Fsp3) is 0.167. The van der Waals surface area contributed by atoms with Crippen LogP contribution in [0.1, 0.15) is 5.56 Å². The number of rotatable bonds is 6. The first kappa shape index (κ1) is 14.9. The third-order valence-corrected chi connectivity index (χ3v) is 4.14. The van der Waals surface area contributed by atoms with Gasteiger partial charge in [0.25, 0.3) is 0 Å². The summed E-state index contributed by atoms with van der Waals surface area (Å²) in [5.74, 6) is -1.28. The van der Waals surface area contributed by atoms with E-state index in [1.54, 1.807) is 6.07 Å². The Morgan fingerprint density at radius 1 is 1.47 bits per heavy atom. The molecule has 0 saturated heterocycles. The van der Waals surface area contributed by atoms with Crippen LogP contribution < -0.4 is 0 Å². The maximum atomic E-state index is 12.3. The molecule has 19 heavy (non-hydrogen) atoms. The second-order valence-electron chi connectivity index (χ2n) is 3.59. The number of nitrogens with zero attached hydrogens (tertiary/aromatic N) is 2. The molecule has 100 valence electrons. The predicted molar refractivity (Wildman–Crippen MR) is 67.7 cm³/mol. The zero-order valence-corrected chi connectivity index (χ0v) is 10.8. The molecule has 0 spiro atoms. The molecule has 7 heteroatoms. The third-order valence-electron chi connectivity index (χ3n) is 2.27. The lowest BCUT2D eigenvalue weighted by Gasteiger charge is -2.19. The van der Waals surface area contributed by atoms with Crippen LogP contribution in [0.4, 0.5) is 0 Å². The zero-order chi connectivity index (χ0) is 14.5. The van der Waals surface area contributed by atoms with Crippen LogP contribution >= 0.6 is 0 Å². The van der Waals surface area contributed by atoms with Gasteiger partial charge in [0.1, 0.15) is 12.6 Å². The number of carboxylic acids is 1. The minimum Gasteiger partial charge on any atom is -0.480 e. The van der Waals surface area contributed by atoms with Crippen molar-refractivity contribution in [1.29, 1.82) is 5.26 Å². The Kier molecular flexibility index (Phi) is 4.80. The highest BCUT2D eigenvalue weighted by atomic mass is 32.2. The van der Waals surface area contributed by atoms with Gasteiger partial charge in [0.2, 0.25) is 10.0 Å². The van der Waals surface area contributed by atoms with Crippen LogP contribution in [-0.4, -0.2) is 36.9 Å². The summed E-state index contributed by atoms with van der Waals surface area (Å²) >= 11 is 0. The van der Waals surface area contributed by atoms with E-state index in [0.717, 1.165) is 4.31 Å². The average molecular weight is 280 g/mol. The van der Waals surface area contributed by atoms with E-state index in [9.17, 15) is 13.2 Å². The zero-order valence-electron chi connectivity index (χ0n) is 9.98. The van der Waals surface area contributed by atoms with Gasteiger partial charge in [-0.15, -0.1) is 6.58 Å². The van der Waals surface area contributed by atoms with Crippen LogP contribution in [-0.2, 0) is 14.8 Å². The van der Waals surface area contributed by atoms with Crippen molar-refractivity contribution in [2.75, 3.05) is 13.1 Å². The van der Waals surface area contributed by atoms with E-state index < -0.39 is 22.5 Å². The van der Waals surface area contributed by atoms with Gasteiger partial charge < -0.3 is 5.11 Å². The summed E-state index contributed by atoms with van der Waals surface area (Å²) in [6.07, 6.45) is 1.29. The highest BCUT2D eigenvalue weighted by Crippen LogP contribution is 2.19. The molecular formula is C12H12N2O4S. The molecule has 0 amide bonds. The number of sulfonamides is 1.